The summed E-state index contributed by atoms with van der Waals surface area (Å²) in [7, 11) is 0. The Bertz CT molecular complexity index is 222. The van der Waals surface area contributed by atoms with E-state index in [4.69, 9.17) is 10.6 Å². The van der Waals surface area contributed by atoms with Crippen LogP contribution in [0.25, 0.3) is 0 Å². The van der Waals surface area contributed by atoms with Gasteiger partial charge >= 0.3 is 0 Å². The standard InChI is InChI=1S/C7H10N2O2/c8-6(10)7(5-1-2-5)3-4-11-9-7/h3-5,9H,1-2H2,(H2,8,10). The van der Waals surface area contributed by atoms with Crippen LogP contribution in [0.2, 0.25) is 0 Å². The first-order valence-electron chi connectivity index (χ1n) is 3.66. The fourth-order valence-electron chi connectivity index (χ4n) is 1.40. The molecule has 0 aromatic heterocycles. The Morgan fingerprint density at radius 1 is 1.73 bits per heavy atom. The van der Waals surface area contributed by atoms with Gasteiger partial charge in [-0.05, 0) is 24.8 Å². The monoisotopic (exact) mass is 154 g/mol. The first-order chi connectivity index (χ1) is 5.26. The van der Waals surface area contributed by atoms with Crippen LogP contribution < -0.4 is 11.2 Å². The summed E-state index contributed by atoms with van der Waals surface area (Å²) in [5.41, 5.74) is 7.18. The molecule has 3 N–H and O–H groups in total. The predicted molar refractivity (Wildman–Crippen MR) is 38.0 cm³/mol. The minimum Gasteiger partial charge on any atom is -0.415 e. The van der Waals surface area contributed by atoms with Gasteiger partial charge in [0.05, 0.1) is 0 Å². The molecule has 4 nitrogen and oxygen atoms in total. The molecule has 1 aliphatic carbocycles. The molecule has 2 rings (SSSR count). The van der Waals surface area contributed by atoms with Crippen molar-refractivity contribution < 1.29 is 9.63 Å². The fourth-order valence-corrected chi connectivity index (χ4v) is 1.40. The summed E-state index contributed by atoms with van der Waals surface area (Å²) in [4.78, 5) is 15.8. The Kier molecular flexibility index (Phi) is 1.20. The highest BCUT2D eigenvalue weighted by Crippen LogP contribution is 2.41. The molecule has 1 heterocycles. The van der Waals surface area contributed by atoms with E-state index in [9.17, 15) is 4.79 Å². The average Bonchev–Trinajstić information content (AvgIpc) is 2.69. The van der Waals surface area contributed by atoms with E-state index in [1.165, 1.54) is 6.26 Å². The van der Waals surface area contributed by atoms with Crippen molar-refractivity contribution >= 4 is 5.91 Å². The summed E-state index contributed by atoms with van der Waals surface area (Å²) in [5.74, 6) is -0.0208. The Morgan fingerprint density at radius 3 is 2.82 bits per heavy atom. The largest absolute Gasteiger partial charge is 0.415 e. The molecule has 1 atom stereocenters. The van der Waals surface area contributed by atoms with Crippen LogP contribution in [-0.4, -0.2) is 11.4 Å². The third kappa shape index (κ3) is 0.826. The molecule has 1 unspecified atom stereocenters. The first kappa shape index (κ1) is 6.67. The van der Waals surface area contributed by atoms with E-state index < -0.39 is 5.54 Å². The van der Waals surface area contributed by atoms with Gasteiger partial charge in [-0.3, -0.25) is 4.79 Å². The van der Waals surface area contributed by atoms with E-state index >= 15 is 0 Å². The topological polar surface area (TPSA) is 64.4 Å². The van der Waals surface area contributed by atoms with E-state index in [2.05, 4.69) is 5.48 Å². The molecular formula is C7H10N2O2. The van der Waals surface area contributed by atoms with E-state index in [0.717, 1.165) is 12.8 Å². The number of amides is 1. The number of hydrogen-bond acceptors (Lipinski definition) is 3. The zero-order valence-corrected chi connectivity index (χ0v) is 6.04. The lowest BCUT2D eigenvalue weighted by molar-refractivity contribution is -0.126. The Hall–Kier alpha value is -1.03. The van der Waals surface area contributed by atoms with Gasteiger partial charge in [-0.1, -0.05) is 0 Å². The van der Waals surface area contributed by atoms with Crippen LogP contribution >= 0.6 is 0 Å². The van der Waals surface area contributed by atoms with Gasteiger partial charge in [-0.15, -0.1) is 5.48 Å². The lowest BCUT2D eigenvalue weighted by atomic mass is 9.94. The fraction of sp³-hybridized carbons (Fsp3) is 0.571. The predicted octanol–water partition coefficient (Wildman–Crippen LogP) is -0.331. The van der Waals surface area contributed by atoms with Crippen LogP contribution in [0.4, 0.5) is 0 Å². The maximum Gasteiger partial charge on any atom is 0.245 e. The maximum absolute atomic E-state index is 11.0. The number of hydrogen-bond donors (Lipinski definition) is 2. The third-order valence-corrected chi connectivity index (χ3v) is 2.26. The van der Waals surface area contributed by atoms with Crippen molar-refractivity contribution in [3.63, 3.8) is 0 Å². The molecule has 11 heavy (non-hydrogen) atoms. The Labute approximate surface area is 64.3 Å². The number of nitrogens with one attached hydrogen (secondary N) is 1. The molecule has 1 amide bonds. The van der Waals surface area contributed by atoms with E-state index in [1.54, 1.807) is 6.08 Å². The lowest BCUT2D eigenvalue weighted by Gasteiger charge is -2.21. The van der Waals surface area contributed by atoms with Gasteiger partial charge in [0.2, 0.25) is 5.91 Å². The smallest absolute Gasteiger partial charge is 0.245 e. The third-order valence-electron chi connectivity index (χ3n) is 2.26. The van der Waals surface area contributed by atoms with Gasteiger partial charge < -0.3 is 10.6 Å². The number of carbonyl (C=O) groups is 1. The van der Waals surface area contributed by atoms with Crippen molar-refractivity contribution in [1.29, 1.82) is 0 Å². The normalized spacial score (nSPS) is 35.3. The second-order valence-corrected chi connectivity index (χ2v) is 3.03. The number of rotatable bonds is 2. The number of primary amides is 1. The second kappa shape index (κ2) is 1.98. The van der Waals surface area contributed by atoms with Gasteiger partial charge in [-0.25, -0.2) is 0 Å². The summed E-state index contributed by atoms with van der Waals surface area (Å²) < 4.78 is 0. The molecule has 0 bridgehead atoms. The summed E-state index contributed by atoms with van der Waals surface area (Å²) in [6.07, 6.45) is 5.27. The number of hydroxylamine groups is 1. The molecule has 60 valence electrons. The zero-order chi connectivity index (χ0) is 7.90. The van der Waals surface area contributed by atoms with Gasteiger partial charge in [0.15, 0.2) is 5.54 Å². The van der Waals surface area contributed by atoms with Gasteiger partial charge in [0.25, 0.3) is 0 Å². The molecular weight excluding hydrogens is 144 g/mol. The van der Waals surface area contributed by atoms with E-state index in [1.807, 2.05) is 0 Å². The quantitative estimate of drug-likeness (QED) is 0.572. The van der Waals surface area contributed by atoms with Gasteiger partial charge in [-0.2, -0.15) is 0 Å². The molecule has 4 heteroatoms. The summed E-state index contributed by atoms with van der Waals surface area (Å²) in [5, 5.41) is 0. The van der Waals surface area contributed by atoms with Gasteiger partial charge in [0, 0.05) is 0 Å². The highest BCUT2D eigenvalue weighted by molar-refractivity contribution is 5.88. The van der Waals surface area contributed by atoms with Crippen LogP contribution in [-0.2, 0) is 9.63 Å². The van der Waals surface area contributed by atoms with Crippen molar-refractivity contribution in [2.24, 2.45) is 11.7 Å². The summed E-state index contributed by atoms with van der Waals surface area (Å²) in [6, 6.07) is 0. The molecule has 1 fully saturated rings. The molecule has 2 aliphatic rings. The highest BCUT2D eigenvalue weighted by Gasteiger charge is 2.50. The van der Waals surface area contributed by atoms with Crippen molar-refractivity contribution in [3.05, 3.63) is 12.3 Å². The van der Waals surface area contributed by atoms with Crippen LogP contribution in [0, 0.1) is 5.92 Å². The number of nitrogens with two attached hydrogens (primary N) is 1. The molecule has 1 aliphatic heterocycles. The Balaban J connectivity index is 2.25. The summed E-state index contributed by atoms with van der Waals surface area (Å²) >= 11 is 0. The summed E-state index contributed by atoms with van der Waals surface area (Å²) in [6.45, 7) is 0. The van der Waals surface area contributed by atoms with Crippen LogP contribution in [0.15, 0.2) is 12.3 Å². The second-order valence-electron chi connectivity index (χ2n) is 3.03. The van der Waals surface area contributed by atoms with Crippen molar-refractivity contribution in [1.82, 2.24) is 5.48 Å². The van der Waals surface area contributed by atoms with Crippen molar-refractivity contribution in [2.45, 2.75) is 18.4 Å². The zero-order valence-electron chi connectivity index (χ0n) is 6.04. The molecule has 0 aromatic rings. The van der Waals surface area contributed by atoms with Crippen molar-refractivity contribution in [2.75, 3.05) is 0 Å². The average molecular weight is 154 g/mol. The molecule has 0 aromatic carbocycles. The molecule has 1 saturated carbocycles. The Morgan fingerprint density at radius 2 is 2.45 bits per heavy atom. The van der Waals surface area contributed by atoms with Crippen molar-refractivity contribution in [3.8, 4) is 0 Å². The lowest BCUT2D eigenvalue weighted by Crippen LogP contribution is -2.52. The minimum atomic E-state index is -0.708. The van der Waals surface area contributed by atoms with Crippen LogP contribution in [0.1, 0.15) is 12.8 Å². The van der Waals surface area contributed by atoms with Crippen LogP contribution in [0.5, 0.6) is 0 Å². The highest BCUT2D eigenvalue weighted by atomic mass is 16.6. The maximum atomic E-state index is 11.0. The number of carbonyl (C=O) groups excluding carboxylic acids is 1. The molecule has 0 spiro atoms. The minimum absolute atomic E-state index is 0.332. The van der Waals surface area contributed by atoms with Gasteiger partial charge in [0.1, 0.15) is 6.26 Å². The first-order valence-corrected chi connectivity index (χ1v) is 3.66. The van der Waals surface area contributed by atoms with E-state index in [-0.39, 0.29) is 5.91 Å². The SMILES string of the molecule is NC(=O)C1(C2CC2)C=CON1. The molecule has 0 saturated heterocycles. The molecule has 0 radical (unpaired) electrons. The van der Waals surface area contributed by atoms with E-state index in [0.29, 0.717) is 5.92 Å². The van der Waals surface area contributed by atoms with Crippen LogP contribution in [0.3, 0.4) is 0 Å².